The highest BCUT2D eigenvalue weighted by Gasteiger charge is 2.31. The molecule has 1 aliphatic rings. The molecule has 52 heavy (non-hydrogen) atoms. The number of aromatic nitrogens is 4. The average molecular weight is 685 g/mol. The number of rotatable bonds is 3. The van der Waals surface area contributed by atoms with Crippen LogP contribution in [-0.4, -0.2) is 57.2 Å². The zero-order chi connectivity index (χ0) is 35.6. The van der Waals surface area contributed by atoms with Gasteiger partial charge < -0.3 is 20.6 Å². The molecule has 1 unspecified atom stereocenters. The number of pyridine rings is 1. The topological polar surface area (TPSA) is 148 Å². The SMILES string of the molecule is CN(C)c1cc2nc3n(c2cc1N)C(O)c1ccc2c4ccc5c6c(ccc(c7ccc-3c1c72)c46)c(=O)n1c2cc([N+](=O)[O-])c(N(C)C)cc2nc51. The smallest absolute Gasteiger partial charge is 0.294 e. The van der Waals surface area contributed by atoms with Crippen LogP contribution in [0.5, 0.6) is 0 Å². The van der Waals surface area contributed by atoms with E-state index in [4.69, 9.17) is 15.7 Å². The number of nitro benzene ring substituents is 1. The van der Waals surface area contributed by atoms with Gasteiger partial charge in [-0.05, 0) is 68.7 Å². The van der Waals surface area contributed by atoms with Crippen molar-refractivity contribution in [1.29, 1.82) is 0 Å². The molecule has 7 aromatic carbocycles. The van der Waals surface area contributed by atoms with Crippen molar-refractivity contribution in [3.05, 3.63) is 98.8 Å². The van der Waals surface area contributed by atoms with Gasteiger partial charge in [0.1, 0.15) is 17.2 Å². The quantitative estimate of drug-likeness (QED) is 0.0661. The molecular formula is C40H28N8O4. The first-order valence-electron chi connectivity index (χ1n) is 16.8. The Hall–Kier alpha value is -6.79. The molecule has 12 nitrogen and oxygen atoms in total. The molecule has 3 N–H and O–H groups in total. The molecule has 0 radical (unpaired) electrons. The summed E-state index contributed by atoms with van der Waals surface area (Å²) in [5.41, 5.74) is 12.5. The van der Waals surface area contributed by atoms with E-state index in [1.807, 2.05) is 60.0 Å². The predicted octanol–water partition coefficient (Wildman–Crippen LogP) is 6.98. The Morgan fingerprint density at radius 2 is 1.31 bits per heavy atom. The second-order valence-corrected chi connectivity index (χ2v) is 14.2. The van der Waals surface area contributed by atoms with Crippen LogP contribution in [0.4, 0.5) is 22.7 Å². The molecular weight excluding hydrogens is 656 g/mol. The maximum Gasteiger partial charge on any atom is 0.294 e. The van der Waals surface area contributed by atoms with Crippen molar-refractivity contribution >= 4 is 104 Å². The molecule has 11 rings (SSSR count). The average Bonchev–Trinajstić information content (AvgIpc) is 3.69. The molecule has 0 spiro atoms. The van der Waals surface area contributed by atoms with Crippen molar-refractivity contribution in [1.82, 2.24) is 18.9 Å². The first-order valence-corrected chi connectivity index (χ1v) is 16.8. The Labute approximate surface area is 292 Å². The van der Waals surface area contributed by atoms with E-state index in [1.54, 1.807) is 25.1 Å². The number of anilines is 3. The summed E-state index contributed by atoms with van der Waals surface area (Å²) in [5, 5.41) is 33.0. The van der Waals surface area contributed by atoms with Gasteiger partial charge in [0.05, 0.1) is 38.4 Å². The minimum Gasteiger partial charge on any atom is -0.397 e. The zero-order valence-corrected chi connectivity index (χ0v) is 28.4. The van der Waals surface area contributed by atoms with E-state index in [1.165, 1.54) is 10.5 Å². The number of hydrogen-bond acceptors (Lipinski definition) is 9. The Balaban J connectivity index is 1.24. The highest BCUT2D eigenvalue weighted by atomic mass is 16.6. The van der Waals surface area contributed by atoms with Crippen molar-refractivity contribution in [2.45, 2.75) is 6.23 Å². The number of aliphatic hydroxyl groups excluding tert-OH is 1. The normalized spacial score (nSPS) is 14.4. The van der Waals surface area contributed by atoms with Crippen LogP contribution in [0.15, 0.2) is 77.6 Å². The lowest BCUT2D eigenvalue weighted by Gasteiger charge is -2.27. The maximum absolute atomic E-state index is 14.4. The third kappa shape index (κ3) is 3.28. The van der Waals surface area contributed by atoms with Gasteiger partial charge in [-0.15, -0.1) is 0 Å². The lowest BCUT2D eigenvalue weighted by atomic mass is 9.84. The lowest BCUT2D eigenvalue weighted by Crippen LogP contribution is -2.16. The van der Waals surface area contributed by atoms with Crippen LogP contribution in [-0.2, 0) is 0 Å². The molecule has 0 saturated carbocycles. The molecule has 12 heteroatoms. The standard InChI is InChI=1S/C40H28N8O4/c1-44(2)28-14-26-29(13-25(28)41)46-37(42-26)21-9-5-17-20-8-12-24-36-22(10-6-18(34(20)36)19-7-11-23(39(46)49)35(21)33(17)19)38-43-27-15-31(45(3)4)32(48(51)52)16-30(27)47(38)40(24)50/h5-16,39,49H,41H2,1-4H3. The Bertz CT molecular complexity index is 3320. The van der Waals surface area contributed by atoms with E-state index in [0.29, 0.717) is 39.3 Å². The Morgan fingerprint density at radius 1 is 0.731 bits per heavy atom. The third-order valence-corrected chi connectivity index (χ3v) is 11.1. The summed E-state index contributed by atoms with van der Waals surface area (Å²) in [6.45, 7) is 0. The highest BCUT2D eigenvalue weighted by molar-refractivity contribution is 6.38. The van der Waals surface area contributed by atoms with Crippen LogP contribution in [0.25, 0.3) is 93.0 Å². The number of nitro groups is 1. The van der Waals surface area contributed by atoms with Crippen LogP contribution in [0, 0.1) is 10.1 Å². The van der Waals surface area contributed by atoms with Crippen LogP contribution in [0.1, 0.15) is 11.8 Å². The van der Waals surface area contributed by atoms with Gasteiger partial charge >= 0.3 is 0 Å². The first-order chi connectivity index (χ1) is 25.0. The van der Waals surface area contributed by atoms with Crippen LogP contribution in [0.2, 0.25) is 0 Å². The number of nitrogens with zero attached hydrogens (tertiary/aromatic N) is 7. The Morgan fingerprint density at radius 3 is 2.00 bits per heavy atom. The third-order valence-electron chi connectivity index (χ3n) is 11.1. The molecule has 0 bridgehead atoms. The van der Waals surface area contributed by atoms with Crippen LogP contribution < -0.4 is 21.1 Å². The van der Waals surface area contributed by atoms with Crippen molar-refractivity contribution in [2.24, 2.45) is 0 Å². The largest absolute Gasteiger partial charge is 0.397 e. The summed E-state index contributed by atoms with van der Waals surface area (Å²) in [6.07, 6.45) is -0.979. The van der Waals surface area contributed by atoms with Crippen molar-refractivity contribution < 1.29 is 10.0 Å². The van der Waals surface area contributed by atoms with E-state index < -0.39 is 11.2 Å². The van der Waals surface area contributed by atoms with E-state index in [0.717, 1.165) is 76.3 Å². The molecule has 3 aromatic heterocycles. The molecule has 1 atom stereocenters. The van der Waals surface area contributed by atoms with Crippen molar-refractivity contribution in [3.8, 4) is 11.4 Å². The van der Waals surface area contributed by atoms with Crippen LogP contribution in [0.3, 0.4) is 0 Å². The number of aliphatic hydroxyl groups is 1. The maximum atomic E-state index is 14.4. The molecule has 0 amide bonds. The summed E-state index contributed by atoms with van der Waals surface area (Å²) in [7, 11) is 7.37. The number of nitrogens with two attached hydrogens (primary N) is 1. The summed E-state index contributed by atoms with van der Waals surface area (Å²) in [6, 6.07) is 23.1. The number of imidazole rings is 2. The Kier molecular flexibility index (Phi) is 5.18. The number of hydrogen-bond donors (Lipinski definition) is 2. The zero-order valence-electron chi connectivity index (χ0n) is 28.4. The fourth-order valence-corrected chi connectivity index (χ4v) is 8.90. The molecule has 0 saturated heterocycles. The monoisotopic (exact) mass is 684 g/mol. The van der Waals surface area contributed by atoms with Gasteiger partial charge in [0.2, 0.25) is 0 Å². The molecule has 4 heterocycles. The van der Waals surface area contributed by atoms with E-state index in [-0.39, 0.29) is 11.2 Å². The first kappa shape index (κ1) is 29.0. The van der Waals surface area contributed by atoms with Crippen molar-refractivity contribution in [2.75, 3.05) is 43.7 Å². The van der Waals surface area contributed by atoms with E-state index in [9.17, 15) is 20.0 Å². The minimum absolute atomic E-state index is 0.0937. The van der Waals surface area contributed by atoms with Gasteiger partial charge in [-0.2, -0.15) is 0 Å². The number of nitrogen functional groups attached to an aromatic ring is 1. The van der Waals surface area contributed by atoms with E-state index >= 15 is 0 Å². The minimum atomic E-state index is -0.979. The number of fused-ring (bicyclic) bond motifs is 10. The molecule has 1 aliphatic heterocycles. The van der Waals surface area contributed by atoms with Gasteiger partial charge in [0.25, 0.3) is 11.2 Å². The predicted molar refractivity (Wildman–Crippen MR) is 208 cm³/mol. The molecule has 252 valence electrons. The molecule has 0 aliphatic carbocycles. The van der Waals surface area contributed by atoms with Gasteiger partial charge in [-0.1, -0.05) is 30.3 Å². The van der Waals surface area contributed by atoms with Gasteiger partial charge in [-0.25, -0.2) is 9.97 Å². The van der Waals surface area contributed by atoms with Crippen molar-refractivity contribution in [3.63, 3.8) is 0 Å². The summed E-state index contributed by atoms with van der Waals surface area (Å²) in [4.78, 5) is 39.6. The fourth-order valence-electron chi connectivity index (χ4n) is 8.90. The lowest BCUT2D eigenvalue weighted by molar-refractivity contribution is -0.384. The van der Waals surface area contributed by atoms with Gasteiger partial charge in [0, 0.05) is 66.9 Å². The highest BCUT2D eigenvalue weighted by Crippen LogP contribution is 2.50. The second kappa shape index (κ2) is 9.30. The van der Waals surface area contributed by atoms with Gasteiger partial charge in [-0.3, -0.25) is 23.9 Å². The summed E-state index contributed by atoms with van der Waals surface area (Å²) < 4.78 is 3.37. The van der Waals surface area contributed by atoms with Gasteiger partial charge in [0.15, 0.2) is 6.23 Å². The second-order valence-electron chi connectivity index (χ2n) is 14.2. The fraction of sp³-hybridized carbons (Fsp3) is 0.125. The van der Waals surface area contributed by atoms with E-state index in [2.05, 4.69) is 24.3 Å². The summed E-state index contributed by atoms with van der Waals surface area (Å²) in [5.74, 6) is 0.673. The number of benzene rings is 7. The van der Waals surface area contributed by atoms with Crippen LogP contribution >= 0.6 is 0 Å². The molecule has 10 aromatic rings. The molecule has 0 fully saturated rings. The summed E-state index contributed by atoms with van der Waals surface area (Å²) >= 11 is 0.